The molecule has 3 aliphatic rings. The molecule has 0 spiro atoms. The van der Waals surface area contributed by atoms with Gasteiger partial charge in [0.05, 0.1) is 23.2 Å². The highest BCUT2D eigenvalue weighted by Crippen LogP contribution is 2.47. The number of allylic oxidation sites excluding steroid dienone is 2. The van der Waals surface area contributed by atoms with Gasteiger partial charge in [0, 0.05) is 73.4 Å². The van der Waals surface area contributed by atoms with Gasteiger partial charge in [0.15, 0.2) is 0 Å². The molecule has 4 N–H and O–H groups in total. The van der Waals surface area contributed by atoms with Crippen molar-refractivity contribution in [3.8, 4) is 22.6 Å². The second-order valence-electron chi connectivity index (χ2n) is 17.0. The SMILES string of the molecule is N/C(=C\Cc1ccccc1)c1ccccc1.NCn1c2ccc(-c3ccc4c(c3)c3c(n4-c4ccccc4)CC4Oc5ccccc5C4=C3)cc2c2cc3c4c(oc3cc21)C=CCC4. The largest absolute Gasteiger partial charge is 0.485 e. The van der Waals surface area contributed by atoms with Crippen LogP contribution in [0.1, 0.15) is 45.7 Å². The molecule has 0 saturated heterocycles. The summed E-state index contributed by atoms with van der Waals surface area (Å²) in [6.45, 7) is 0.402. The highest BCUT2D eigenvalue weighted by molar-refractivity contribution is 6.14. The predicted octanol–water partition coefficient (Wildman–Crippen LogP) is 13.1. The first-order valence-corrected chi connectivity index (χ1v) is 22.2. The van der Waals surface area contributed by atoms with Gasteiger partial charge in [-0.05, 0) is 102 Å². The Morgan fingerprint density at radius 3 is 2.19 bits per heavy atom. The zero-order valence-corrected chi connectivity index (χ0v) is 35.4. The molecule has 6 nitrogen and oxygen atoms in total. The molecular weight excluding hydrogens is 785 g/mol. The number of benzene rings is 7. The van der Waals surface area contributed by atoms with E-state index in [1.807, 2.05) is 48.5 Å². The Labute approximate surface area is 371 Å². The number of furan rings is 1. The summed E-state index contributed by atoms with van der Waals surface area (Å²) in [6, 6.07) is 57.8. The second kappa shape index (κ2) is 15.5. The Bertz CT molecular complexity index is 3510. The number of hydrogen-bond acceptors (Lipinski definition) is 4. The fraction of sp³-hybridized carbons (Fsp3) is 0.103. The standard InChI is InChI=1S/C43H31N3O2.C15H15N/c44-24-45-36-16-14-25(18-30(36)32-20-34-28-10-4-6-12-40(28)47-42(34)22-38(32)45)26-15-17-37-31(19-26)33-21-35-29-11-5-7-13-41(29)48-43(35)23-39(33)46(37)27-8-2-1-3-9-27;16-15(14-9-5-2-6-10-14)12-11-13-7-3-1-4-8-13/h1-3,5-9,11-22,43H,4,10,23-24,44H2;1-10,12H,11,16H2/b;15-12-. The molecule has 1 aliphatic heterocycles. The minimum absolute atomic E-state index is 0.0201. The van der Waals surface area contributed by atoms with E-state index >= 15 is 0 Å². The van der Waals surface area contributed by atoms with Crippen LogP contribution in [0.5, 0.6) is 5.75 Å². The summed E-state index contributed by atoms with van der Waals surface area (Å²) in [7, 11) is 0. The van der Waals surface area contributed by atoms with Crippen molar-refractivity contribution in [1.29, 1.82) is 0 Å². The molecule has 0 fully saturated rings. The molecule has 310 valence electrons. The molecule has 0 bridgehead atoms. The number of aryl methyl sites for hydroxylation is 1. The van der Waals surface area contributed by atoms with Crippen LogP contribution in [0.3, 0.4) is 0 Å². The summed E-state index contributed by atoms with van der Waals surface area (Å²) in [6.07, 6.45) is 12.5. The molecule has 4 heterocycles. The summed E-state index contributed by atoms with van der Waals surface area (Å²) in [5, 5.41) is 4.89. The van der Waals surface area contributed by atoms with Crippen LogP contribution < -0.4 is 16.2 Å². The van der Waals surface area contributed by atoms with E-state index in [-0.39, 0.29) is 6.10 Å². The van der Waals surface area contributed by atoms with Gasteiger partial charge in [-0.2, -0.15) is 0 Å². The average molecular weight is 831 g/mol. The van der Waals surface area contributed by atoms with E-state index in [9.17, 15) is 0 Å². The number of hydrogen-bond donors (Lipinski definition) is 2. The van der Waals surface area contributed by atoms with Crippen molar-refractivity contribution >= 4 is 67.1 Å². The number of aromatic nitrogens is 2. The molecule has 1 atom stereocenters. The van der Waals surface area contributed by atoms with Crippen molar-refractivity contribution in [1.82, 2.24) is 9.13 Å². The molecule has 0 amide bonds. The molecule has 64 heavy (non-hydrogen) atoms. The van der Waals surface area contributed by atoms with Gasteiger partial charge in [0.2, 0.25) is 0 Å². The fourth-order valence-electron chi connectivity index (χ4n) is 10.2. The second-order valence-corrected chi connectivity index (χ2v) is 17.0. The topological polar surface area (TPSA) is 84.3 Å². The van der Waals surface area contributed by atoms with Gasteiger partial charge in [-0.1, -0.05) is 121 Å². The van der Waals surface area contributed by atoms with Gasteiger partial charge in [-0.3, -0.25) is 0 Å². The van der Waals surface area contributed by atoms with Crippen LogP contribution in [-0.2, 0) is 25.9 Å². The van der Waals surface area contributed by atoms with E-state index in [1.54, 1.807) is 0 Å². The lowest BCUT2D eigenvalue weighted by molar-refractivity contribution is 0.274. The summed E-state index contributed by atoms with van der Waals surface area (Å²) < 4.78 is 17.4. The van der Waals surface area contributed by atoms with E-state index in [4.69, 9.17) is 20.6 Å². The molecule has 13 rings (SSSR count). The normalized spacial score (nSPS) is 15.0. The van der Waals surface area contributed by atoms with E-state index in [1.165, 1.54) is 77.4 Å². The van der Waals surface area contributed by atoms with E-state index in [2.05, 4.69) is 149 Å². The smallest absolute Gasteiger partial charge is 0.137 e. The molecule has 1 unspecified atom stereocenters. The van der Waals surface area contributed by atoms with Crippen molar-refractivity contribution in [2.75, 3.05) is 0 Å². The molecule has 2 aliphatic carbocycles. The summed E-state index contributed by atoms with van der Waals surface area (Å²) >= 11 is 0. The van der Waals surface area contributed by atoms with Crippen molar-refractivity contribution in [2.45, 2.75) is 38.5 Å². The molecule has 3 aromatic heterocycles. The number of rotatable bonds is 6. The number of nitrogens with two attached hydrogens (primary N) is 2. The Morgan fingerprint density at radius 2 is 1.39 bits per heavy atom. The van der Waals surface area contributed by atoms with E-state index in [0.29, 0.717) is 6.67 Å². The van der Waals surface area contributed by atoms with Gasteiger partial charge in [0.25, 0.3) is 0 Å². The average Bonchev–Trinajstić information content (AvgIpc) is 4.09. The van der Waals surface area contributed by atoms with Crippen LogP contribution >= 0.6 is 0 Å². The van der Waals surface area contributed by atoms with Crippen LogP contribution in [0, 0.1) is 0 Å². The highest BCUT2D eigenvalue weighted by atomic mass is 16.5. The first-order chi connectivity index (χ1) is 31.6. The third kappa shape index (κ3) is 6.37. The predicted molar refractivity (Wildman–Crippen MR) is 264 cm³/mol. The maximum absolute atomic E-state index is 6.49. The van der Waals surface area contributed by atoms with Gasteiger partial charge in [0.1, 0.15) is 23.2 Å². The minimum atomic E-state index is 0.0201. The van der Waals surface area contributed by atoms with Crippen molar-refractivity contribution < 1.29 is 9.15 Å². The Balaban J connectivity index is 0.000000230. The lowest BCUT2D eigenvalue weighted by atomic mass is 9.90. The van der Waals surface area contributed by atoms with Crippen LogP contribution in [0.4, 0.5) is 0 Å². The number of nitrogens with zero attached hydrogens (tertiary/aromatic N) is 2. The summed E-state index contributed by atoms with van der Waals surface area (Å²) in [4.78, 5) is 0. The van der Waals surface area contributed by atoms with Crippen LogP contribution in [0.15, 0.2) is 180 Å². The highest BCUT2D eigenvalue weighted by Gasteiger charge is 2.35. The summed E-state index contributed by atoms with van der Waals surface area (Å²) in [5.41, 5.74) is 29.9. The number of para-hydroxylation sites is 2. The van der Waals surface area contributed by atoms with Crippen LogP contribution in [0.2, 0.25) is 0 Å². The van der Waals surface area contributed by atoms with Crippen molar-refractivity contribution in [2.24, 2.45) is 11.5 Å². The monoisotopic (exact) mass is 830 g/mol. The van der Waals surface area contributed by atoms with Gasteiger partial charge in [-0.25, -0.2) is 0 Å². The molecule has 0 radical (unpaired) electrons. The number of ether oxygens (including phenoxy) is 1. The van der Waals surface area contributed by atoms with E-state index < -0.39 is 0 Å². The first kappa shape index (κ1) is 37.9. The lowest BCUT2D eigenvalue weighted by Gasteiger charge is -2.20. The number of fused-ring (bicyclic) bond motifs is 12. The van der Waals surface area contributed by atoms with Crippen LogP contribution in [-0.4, -0.2) is 15.2 Å². The van der Waals surface area contributed by atoms with Gasteiger partial charge < -0.3 is 29.8 Å². The maximum atomic E-state index is 6.49. The quantitative estimate of drug-likeness (QED) is 0.175. The van der Waals surface area contributed by atoms with Crippen molar-refractivity contribution in [3.05, 3.63) is 215 Å². The van der Waals surface area contributed by atoms with E-state index in [0.717, 1.165) is 65.1 Å². The Morgan fingerprint density at radius 1 is 0.688 bits per heavy atom. The summed E-state index contributed by atoms with van der Waals surface area (Å²) in [5.74, 6) is 1.96. The minimum Gasteiger partial charge on any atom is -0.485 e. The van der Waals surface area contributed by atoms with Crippen molar-refractivity contribution in [3.63, 3.8) is 0 Å². The van der Waals surface area contributed by atoms with Gasteiger partial charge in [-0.15, -0.1) is 0 Å². The zero-order valence-electron chi connectivity index (χ0n) is 35.4. The van der Waals surface area contributed by atoms with Gasteiger partial charge >= 0.3 is 0 Å². The first-order valence-electron chi connectivity index (χ1n) is 22.2. The molecular formula is C58H46N4O2. The molecule has 0 saturated carbocycles. The third-order valence-electron chi connectivity index (χ3n) is 13.3. The fourth-order valence-corrected chi connectivity index (χ4v) is 10.2. The Hall–Kier alpha value is -7.80. The lowest BCUT2D eigenvalue weighted by Crippen LogP contribution is -2.21. The molecule has 6 heteroatoms. The zero-order chi connectivity index (χ0) is 42.7. The maximum Gasteiger partial charge on any atom is 0.137 e. The Kier molecular flexibility index (Phi) is 9.20. The third-order valence-corrected chi connectivity index (χ3v) is 13.3. The van der Waals surface area contributed by atoms with Crippen LogP contribution in [0.25, 0.3) is 83.9 Å². The molecule has 7 aromatic carbocycles. The molecule has 10 aromatic rings.